The third kappa shape index (κ3) is 2.26. The van der Waals surface area contributed by atoms with Gasteiger partial charge < -0.3 is 10.4 Å². The highest BCUT2D eigenvalue weighted by Crippen LogP contribution is 2.39. The second-order valence-electron chi connectivity index (χ2n) is 4.48. The van der Waals surface area contributed by atoms with Gasteiger partial charge in [-0.3, -0.25) is 0 Å². The fourth-order valence-corrected chi connectivity index (χ4v) is 3.40. The average Bonchev–Trinajstić information content (AvgIpc) is 2.84. The lowest BCUT2D eigenvalue weighted by Gasteiger charge is -2.05. The lowest BCUT2D eigenvalue weighted by molar-refractivity contribution is 0.311. The largest absolute Gasteiger partial charge is 0.395 e. The van der Waals surface area contributed by atoms with Crippen LogP contribution in [0.25, 0.3) is 20.7 Å². The van der Waals surface area contributed by atoms with E-state index in [4.69, 9.17) is 5.11 Å². The van der Waals surface area contributed by atoms with Gasteiger partial charge in [-0.05, 0) is 18.1 Å². The summed E-state index contributed by atoms with van der Waals surface area (Å²) in [6, 6.07) is 10.3. The molecule has 0 aliphatic heterocycles. The molecular formula is C15H15N3OS. The fourth-order valence-electron chi connectivity index (χ4n) is 2.24. The van der Waals surface area contributed by atoms with Gasteiger partial charge >= 0.3 is 0 Å². The average molecular weight is 285 g/mol. The number of benzene rings is 1. The molecule has 0 bridgehead atoms. The Labute approximate surface area is 121 Å². The van der Waals surface area contributed by atoms with E-state index in [9.17, 15) is 0 Å². The number of aryl methyl sites for hydroxylation is 1. The summed E-state index contributed by atoms with van der Waals surface area (Å²) in [5, 5.41) is 13.1. The Hall–Kier alpha value is -1.98. The maximum atomic E-state index is 8.95. The summed E-state index contributed by atoms with van der Waals surface area (Å²) < 4.78 is 0. The summed E-state index contributed by atoms with van der Waals surface area (Å²) in [5.41, 5.74) is 2.37. The first kappa shape index (κ1) is 13.0. The number of aromatic nitrogens is 2. The Morgan fingerprint density at radius 3 is 2.75 bits per heavy atom. The zero-order valence-electron chi connectivity index (χ0n) is 11.1. The van der Waals surface area contributed by atoms with Crippen LogP contribution in [-0.2, 0) is 0 Å². The molecule has 0 unspecified atom stereocenters. The molecule has 3 rings (SSSR count). The van der Waals surface area contributed by atoms with Crippen LogP contribution in [0.5, 0.6) is 0 Å². The van der Waals surface area contributed by atoms with E-state index in [1.54, 1.807) is 17.7 Å². The zero-order chi connectivity index (χ0) is 13.9. The molecule has 2 N–H and O–H groups in total. The van der Waals surface area contributed by atoms with Crippen molar-refractivity contribution in [1.29, 1.82) is 0 Å². The van der Waals surface area contributed by atoms with Gasteiger partial charge in [-0.25, -0.2) is 9.97 Å². The summed E-state index contributed by atoms with van der Waals surface area (Å²) in [7, 11) is 0. The van der Waals surface area contributed by atoms with Crippen molar-refractivity contribution in [3.05, 3.63) is 42.2 Å². The number of aliphatic hydroxyl groups is 1. The first-order valence-corrected chi connectivity index (χ1v) is 7.27. The normalized spacial score (nSPS) is 10.9. The number of rotatable bonds is 4. The van der Waals surface area contributed by atoms with E-state index < -0.39 is 0 Å². The molecule has 0 amide bonds. The number of hydrogen-bond donors (Lipinski definition) is 2. The summed E-state index contributed by atoms with van der Waals surface area (Å²) in [6.07, 6.45) is 1.56. The lowest BCUT2D eigenvalue weighted by Crippen LogP contribution is -2.07. The molecule has 2 heterocycles. The molecule has 0 aliphatic rings. The quantitative estimate of drug-likeness (QED) is 0.773. The van der Waals surface area contributed by atoms with Crippen LogP contribution >= 0.6 is 11.3 Å². The molecule has 0 fully saturated rings. The van der Waals surface area contributed by atoms with E-state index in [2.05, 4.69) is 34.3 Å². The van der Waals surface area contributed by atoms with Crippen LogP contribution in [0.3, 0.4) is 0 Å². The number of nitrogens with one attached hydrogen (secondary N) is 1. The molecule has 0 saturated carbocycles. The predicted molar refractivity (Wildman–Crippen MR) is 83.2 cm³/mol. The van der Waals surface area contributed by atoms with Gasteiger partial charge in [0.2, 0.25) is 0 Å². The SMILES string of the molecule is Cc1c(-c2ccccc2)sc2ncnc(NCCO)c12. The van der Waals surface area contributed by atoms with Crippen molar-refractivity contribution in [2.45, 2.75) is 6.92 Å². The van der Waals surface area contributed by atoms with E-state index in [-0.39, 0.29) is 6.61 Å². The molecule has 0 aliphatic carbocycles. The number of anilines is 1. The molecule has 2 aromatic heterocycles. The van der Waals surface area contributed by atoms with Crippen LogP contribution in [0.2, 0.25) is 0 Å². The minimum atomic E-state index is 0.0836. The molecule has 1 aromatic carbocycles. The van der Waals surface area contributed by atoms with Gasteiger partial charge in [-0.2, -0.15) is 0 Å². The topological polar surface area (TPSA) is 58.0 Å². The minimum Gasteiger partial charge on any atom is -0.395 e. The summed E-state index contributed by atoms with van der Waals surface area (Å²) in [6.45, 7) is 2.66. The molecule has 102 valence electrons. The minimum absolute atomic E-state index is 0.0836. The molecule has 0 saturated heterocycles. The molecule has 4 nitrogen and oxygen atoms in total. The van der Waals surface area contributed by atoms with Crippen LogP contribution in [0, 0.1) is 6.92 Å². The highest BCUT2D eigenvalue weighted by atomic mass is 32.1. The second-order valence-corrected chi connectivity index (χ2v) is 5.47. The number of thiophene rings is 1. The smallest absolute Gasteiger partial charge is 0.138 e. The second kappa shape index (κ2) is 5.56. The van der Waals surface area contributed by atoms with Crippen LogP contribution in [-0.4, -0.2) is 28.2 Å². The van der Waals surface area contributed by atoms with E-state index in [0.717, 1.165) is 16.0 Å². The maximum absolute atomic E-state index is 8.95. The van der Waals surface area contributed by atoms with E-state index >= 15 is 0 Å². The molecule has 3 aromatic rings. The van der Waals surface area contributed by atoms with Gasteiger partial charge in [0.05, 0.1) is 12.0 Å². The summed E-state index contributed by atoms with van der Waals surface area (Å²) in [5.74, 6) is 0.792. The van der Waals surface area contributed by atoms with Gasteiger partial charge in [0.15, 0.2) is 0 Å². The first-order chi connectivity index (χ1) is 9.81. The Morgan fingerprint density at radius 1 is 1.20 bits per heavy atom. The van der Waals surface area contributed by atoms with Crippen LogP contribution in [0.4, 0.5) is 5.82 Å². The van der Waals surface area contributed by atoms with E-state index in [0.29, 0.717) is 6.54 Å². The van der Waals surface area contributed by atoms with Gasteiger partial charge in [0, 0.05) is 11.4 Å². The highest BCUT2D eigenvalue weighted by molar-refractivity contribution is 7.22. The molecule has 0 radical (unpaired) electrons. The van der Waals surface area contributed by atoms with Crippen molar-refractivity contribution in [2.24, 2.45) is 0 Å². The van der Waals surface area contributed by atoms with Crippen molar-refractivity contribution in [3.63, 3.8) is 0 Å². The molecular weight excluding hydrogens is 270 g/mol. The van der Waals surface area contributed by atoms with E-state index in [1.807, 2.05) is 18.2 Å². The van der Waals surface area contributed by atoms with Crippen molar-refractivity contribution >= 4 is 27.4 Å². The number of fused-ring (bicyclic) bond motifs is 1. The van der Waals surface area contributed by atoms with Crippen molar-refractivity contribution in [1.82, 2.24) is 9.97 Å². The third-order valence-electron chi connectivity index (χ3n) is 3.17. The highest BCUT2D eigenvalue weighted by Gasteiger charge is 2.14. The van der Waals surface area contributed by atoms with E-state index in [1.165, 1.54) is 16.0 Å². The molecule has 5 heteroatoms. The Morgan fingerprint density at radius 2 is 2.00 bits per heavy atom. The maximum Gasteiger partial charge on any atom is 0.138 e. The fraction of sp³-hybridized carbons (Fsp3) is 0.200. The monoisotopic (exact) mass is 285 g/mol. The Kier molecular flexibility index (Phi) is 3.62. The molecule has 0 spiro atoms. The number of aliphatic hydroxyl groups excluding tert-OH is 1. The number of hydrogen-bond acceptors (Lipinski definition) is 5. The molecule has 20 heavy (non-hydrogen) atoms. The van der Waals surface area contributed by atoms with Crippen molar-refractivity contribution in [3.8, 4) is 10.4 Å². The van der Waals surface area contributed by atoms with Crippen molar-refractivity contribution < 1.29 is 5.11 Å². The standard InChI is InChI=1S/C15H15N3OS/c1-10-12-14(16-7-8-19)17-9-18-15(12)20-13(10)11-5-3-2-4-6-11/h2-6,9,19H,7-8H2,1H3,(H,16,17,18). The Balaban J connectivity index is 2.15. The van der Waals surface area contributed by atoms with Gasteiger partial charge in [0.25, 0.3) is 0 Å². The third-order valence-corrected chi connectivity index (χ3v) is 4.42. The van der Waals surface area contributed by atoms with Gasteiger partial charge in [0.1, 0.15) is 17.0 Å². The zero-order valence-corrected chi connectivity index (χ0v) is 11.9. The summed E-state index contributed by atoms with van der Waals surface area (Å²) >= 11 is 1.67. The van der Waals surface area contributed by atoms with Crippen molar-refractivity contribution in [2.75, 3.05) is 18.5 Å². The lowest BCUT2D eigenvalue weighted by atomic mass is 10.1. The van der Waals surface area contributed by atoms with Gasteiger partial charge in [-0.15, -0.1) is 11.3 Å². The predicted octanol–water partition coefficient (Wildman–Crippen LogP) is 3.07. The summed E-state index contributed by atoms with van der Waals surface area (Å²) in [4.78, 5) is 10.8. The molecule has 0 atom stereocenters. The number of nitrogens with zero attached hydrogens (tertiary/aromatic N) is 2. The van der Waals surface area contributed by atoms with Crippen LogP contribution in [0.15, 0.2) is 36.7 Å². The van der Waals surface area contributed by atoms with Crippen LogP contribution in [0.1, 0.15) is 5.56 Å². The Bertz CT molecular complexity index is 725. The van der Waals surface area contributed by atoms with Gasteiger partial charge in [-0.1, -0.05) is 30.3 Å². The first-order valence-electron chi connectivity index (χ1n) is 6.45. The van der Waals surface area contributed by atoms with Crippen LogP contribution < -0.4 is 5.32 Å².